The molecule has 1 aromatic carbocycles. The molecule has 0 aliphatic carbocycles. The van der Waals surface area contributed by atoms with Crippen LogP contribution in [-0.2, 0) is 4.74 Å². The van der Waals surface area contributed by atoms with Gasteiger partial charge in [0, 0.05) is 18.8 Å². The van der Waals surface area contributed by atoms with Crippen LogP contribution < -0.4 is 10.2 Å². The Kier molecular flexibility index (Phi) is 3.51. The minimum Gasteiger partial charge on any atom is -0.378 e. The lowest BCUT2D eigenvalue weighted by atomic mass is 10.3. The number of rotatable bonds is 3. The third-order valence-electron chi connectivity index (χ3n) is 2.84. The van der Waals surface area contributed by atoms with Crippen LogP contribution in [0.4, 0.5) is 17.6 Å². The zero-order valence-corrected chi connectivity index (χ0v) is 10.4. The summed E-state index contributed by atoms with van der Waals surface area (Å²) in [6, 6.07) is 9.78. The first-order valence-electron chi connectivity index (χ1n) is 6.19. The third kappa shape index (κ3) is 2.97. The van der Waals surface area contributed by atoms with Crippen LogP contribution in [0.1, 0.15) is 0 Å². The molecule has 2 heterocycles. The average Bonchev–Trinajstić information content (AvgIpc) is 2.49. The fraction of sp³-hybridized carbons (Fsp3) is 0.308. The summed E-state index contributed by atoms with van der Waals surface area (Å²) in [5, 5.41) is 3.13. The molecule has 19 heavy (non-hydrogen) atoms. The molecule has 0 atom stereocenters. The van der Waals surface area contributed by atoms with Gasteiger partial charge in [-0.05, 0) is 12.1 Å². The van der Waals surface area contributed by atoms with Gasteiger partial charge in [0.15, 0.2) is 0 Å². The number of morpholine rings is 1. The first-order chi connectivity index (χ1) is 9.42. The van der Waals surface area contributed by atoms with Crippen LogP contribution in [-0.4, -0.2) is 41.3 Å². The molecule has 1 aromatic heterocycles. The van der Waals surface area contributed by atoms with E-state index in [-0.39, 0.29) is 0 Å². The highest BCUT2D eigenvalue weighted by molar-refractivity contribution is 5.53. The van der Waals surface area contributed by atoms with E-state index in [1.54, 1.807) is 0 Å². The van der Waals surface area contributed by atoms with E-state index in [0.717, 1.165) is 18.8 Å². The monoisotopic (exact) mass is 256 g/mol. The summed E-state index contributed by atoms with van der Waals surface area (Å²) < 4.78 is 5.31. The molecule has 1 N–H and O–H groups in total. The van der Waals surface area contributed by atoms with Crippen molar-refractivity contribution in [3.8, 4) is 0 Å². The molecule has 1 aliphatic rings. The maximum atomic E-state index is 5.31. The molecule has 6 nitrogen and oxygen atoms in total. The molecule has 1 aliphatic heterocycles. The summed E-state index contributed by atoms with van der Waals surface area (Å²) >= 11 is 0. The Balaban J connectivity index is 1.76. The summed E-state index contributed by atoms with van der Waals surface area (Å²) in [5.41, 5.74) is 0.940. The van der Waals surface area contributed by atoms with Crippen molar-refractivity contribution in [3.63, 3.8) is 0 Å². The molecule has 97 valence electrons. The second-order valence-corrected chi connectivity index (χ2v) is 4.15. The lowest BCUT2D eigenvalue weighted by Crippen LogP contribution is -2.37. The number of anilines is 3. The zero-order chi connectivity index (χ0) is 12.9. The Morgan fingerprint density at radius 2 is 1.89 bits per heavy atom. The van der Waals surface area contributed by atoms with Gasteiger partial charge in [-0.3, -0.25) is 0 Å². The molecule has 0 saturated carbocycles. The average molecular weight is 256 g/mol. The van der Waals surface area contributed by atoms with Gasteiger partial charge in [0.2, 0.25) is 18.2 Å². The lowest BCUT2D eigenvalue weighted by Gasteiger charge is -2.26. The van der Waals surface area contributed by atoms with Crippen LogP contribution >= 0.6 is 0 Å². The fourth-order valence-electron chi connectivity index (χ4n) is 1.87. The predicted molar refractivity (Wildman–Crippen MR) is 71.4 cm³/mol. The van der Waals surface area contributed by atoms with Crippen LogP contribution in [0.5, 0.6) is 0 Å². The van der Waals surface area contributed by atoms with E-state index in [1.165, 1.54) is 0 Å². The van der Waals surface area contributed by atoms with Crippen molar-refractivity contribution < 1.29 is 4.74 Å². The Morgan fingerprint density at radius 1 is 1.11 bits per heavy atom. The number of aromatic nitrogens is 3. The van der Waals surface area contributed by atoms with Gasteiger partial charge in [0.1, 0.15) is 0 Å². The second kappa shape index (κ2) is 5.62. The van der Waals surface area contributed by atoms with Crippen LogP contribution in [0.25, 0.3) is 0 Å². The number of para-hydroxylation sites is 1. The van der Waals surface area contributed by atoms with E-state index < -0.39 is 0 Å². The highest BCUT2D eigenvalue weighted by atomic mass is 16.5. The summed E-state index contributed by atoms with van der Waals surface area (Å²) in [4.78, 5) is 14.6. The number of nitrogens with one attached hydrogen (secondary N) is 1. The molecule has 1 radical (unpaired) electrons. The van der Waals surface area contributed by atoms with Crippen LogP contribution in [0.2, 0.25) is 0 Å². The molecular formula is C13H14N5O. The van der Waals surface area contributed by atoms with Gasteiger partial charge >= 0.3 is 0 Å². The van der Waals surface area contributed by atoms with Crippen molar-refractivity contribution in [2.75, 3.05) is 36.5 Å². The van der Waals surface area contributed by atoms with Crippen molar-refractivity contribution in [1.29, 1.82) is 0 Å². The molecule has 3 rings (SSSR count). The van der Waals surface area contributed by atoms with Crippen molar-refractivity contribution in [2.45, 2.75) is 0 Å². The van der Waals surface area contributed by atoms with Crippen molar-refractivity contribution in [3.05, 3.63) is 36.7 Å². The van der Waals surface area contributed by atoms with Gasteiger partial charge in [-0.25, -0.2) is 0 Å². The number of nitrogens with zero attached hydrogens (tertiary/aromatic N) is 4. The molecular weight excluding hydrogens is 242 g/mol. The predicted octanol–water partition coefficient (Wildman–Crippen LogP) is 1.25. The Labute approximate surface area is 111 Å². The van der Waals surface area contributed by atoms with E-state index in [2.05, 4.69) is 31.5 Å². The number of hydrogen-bond donors (Lipinski definition) is 1. The number of hydrogen-bond acceptors (Lipinski definition) is 6. The van der Waals surface area contributed by atoms with E-state index in [4.69, 9.17) is 4.74 Å². The summed E-state index contributed by atoms with van der Waals surface area (Å²) in [5.74, 6) is 1.14. The molecule has 1 fully saturated rings. The lowest BCUT2D eigenvalue weighted by molar-refractivity contribution is 0.122. The Bertz CT molecular complexity index is 528. The summed E-state index contributed by atoms with van der Waals surface area (Å²) in [7, 11) is 0. The topological polar surface area (TPSA) is 63.2 Å². The Morgan fingerprint density at radius 3 is 2.68 bits per heavy atom. The molecule has 0 spiro atoms. The third-order valence-corrected chi connectivity index (χ3v) is 2.84. The van der Waals surface area contributed by atoms with E-state index >= 15 is 0 Å². The molecule has 0 bridgehead atoms. The molecule has 0 amide bonds. The van der Waals surface area contributed by atoms with Gasteiger partial charge < -0.3 is 15.0 Å². The highest BCUT2D eigenvalue weighted by Gasteiger charge is 2.14. The van der Waals surface area contributed by atoms with Gasteiger partial charge in [-0.1, -0.05) is 18.2 Å². The van der Waals surface area contributed by atoms with Crippen molar-refractivity contribution in [2.24, 2.45) is 0 Å². The molecule has 0 unspecified atom stereocenters. The normalized spacial score (nSPS) is 15.3. The van der Waals surface area contributed by atoms with Gasteiger partial charge in [0.25, 0.3) is 0 Å². The molecule has 6 heteroatoms. The first kappa shape index (κ1) is 11.9. The minimum absolute atomic E-state index is 0.502. The maximum Gasteiger partial charge on any atom is 0.232 e. The largest absolute Gasteiger partial charge is 0.378 e. The fourth-order valence-corrected chi connectivity index (χ4v) is 1.87. The second-order valence-electron chi connectivity index (χ2n) is 4.15. The molecule has 1 saturated heterocycles. The van der Waals surface area contributed by atoms with Crippen LogP contribution in [0.15, 0.2) is 30.3 Å². The van der Waals surface area contributed by atoms with Gasteiger partial charge in [0.05, 0.1) is 13.2 Å². The standard InChI is InChI=1S/C13H14N5O/c1-2-4-11(5-3-1)16-12-14-10-15-13(17-12)18-6-8-19-9-7-18/h1-5H,6-9H2,(H,14,15,16,17). The quantitative estimate of drug-likeness (QED) is 0.891. The van der Waals surface area contributed by atoms with E-state index in [0.29, 0.717) is 25.1 Å². The van der Waals surface area contributed by atoms with Gasteiger partial charge in [-0.15, -0.1) is 0 Å². The first-order valence-corrected chi connectivity index (χ1v) is 6.19. The SMILES string of the molecule is [c]1nc(Nc2ccccc2)nc(N2CCOCC2)n1. The van der Waals surface area contributed by atoms with Crippen molar-refractivity contribution in [1.82, 2.24) is 15.0 Å². The highest BCUT2D eigenvalue weighted by Crippen LogP contribution is 2.14. The summed E-state index contributed by atoms with van der Waals surface area (Å²) in [6.45, 7) is 2.99. The number of benzene rings is 1. The van der Waals surface area contributed by atoms with Crippen molar-refractivity contribution >= 4 is 17.6 Å². The van der Waals surface area contributed by atoms with Crippen LogP contribution in [0, 0.1) is 6.33 Å². The van der Waals surface area contributed by atoms with E-state index in [1.807, 2.05) is 30.3 Å². The van der Waals surface area contributed by atoms with Crippen LogP contribution in [0.3, 0.4) is 0 Å². The van der Waals surface area contributed by atoms with E-state index in [9.17, 15) is 0 Å². The molecule has 2 aromatic rings. The zero-order valence-electron chi connectivity index (χ0n) is 10.4. The minimum atomic E-state index is 0.502. The summed E-state index contributed by atoms with van der Waals surface area (Å²) in [6.07, 6.45) is 2.64. The Hall–Kier alpha value is -2.21. The number of ether oxygens (including phenoxy) is 1. The maximum absolute atomic E-state index is 5.31. The smallest absolute Gasteiger partial charge is 0.232 e. The van der Waals surface area contributed by atoms with Gasteiger partial charge in [-0.2, -0.15) is 15.0 Å².